The van der Waals surface area contributed by atoms with Crippen LogP contribution >= 0.6 is 0 Å². The summed E-state index contributed by atoms with van der Waals surface area (Å²) >= 11 is 0. The summed E-state index contributed by atoms with van der Waals surface area (Å²) in [5.74, 6) is -0.249. The lowest BCUT2D eigenvalue weighted by molar-refractivity contribution is -0.302. The van der Waals surface area contributed by atoms with Gasteiger partial charge in [0.15, 0.2) is 6.29 Å². The van der Waals surface area contributed by atoms with Gasteiger partial charge in [0.1, 0.15) is 24.4 Å². The van der Waals surface area contributed by atoms with Crippen molar-refractivity contribution in [1.29, 1.82) is 0 Å². The number of unbranched alkanes of at least 4 members (excludes halogenated alkanes) is 27. The highest BCUT2D eigenvalue weighted by Gasteiger charge is 2.44. The van der Waals surface area contributed by atoms with E-state index in [1.54, 1.807) is 6.08 Å². The minimum Gasteiger partial charge on any atom is -0.466 e. The molecule has 0 bridgehead atoms. The second-order valence-electron chi connectivity index (χ2n) is 17.9. The summed E-state index contributed by atoms with van der Waals surface area (Å²) in [4.78, 5) is 25.0. The Bertz CT molecular complexity index is 1090. The van der Waals surface area contributed by atoms with Gasteiger partial charge in [-0.2, -0.15) is 0 Å². The van der Waals surface area contributed by atoms with Crippen molar-refractivity contribution in [2.75, 3.05) is 19.8 Å². The van der Waals surface area contributed by atoms with Gasteiger partial charge in [-0.3, -0.25) is 9.59 Å². The number of carbonyl (C=O) groups excluding carboxylic acids is 2. The molecule has 0 radical (unpaired) electrons. The Morgan fingerprint density at radius 2 is 1.03 bits per heavy atom. The molecule has 0 aromatic heterocycles. The lowest BCUT2D eigenvalue weighted by Crippen LogP contribution is -2.60. The molecule has 1 saturated heterocycles. The third-order valence-electron chi connectivity index (χ3n) is 12.1. The maximum absolute atomic E-state index is 12.9. The number of aliphatic hydroxyl groups excluding tert-OH is 5. The van der Waals surface area contributed by atoms with E-state index in [1.807, 2.05) is 6.08 Å². The number of amides is 1. The smallest absolute Gasteiger partial charge is 0.305 e. The summed E-state index contributed by atoms with van der Waals surface area (Å²) in [6, 6.07) is -0.828. The molecular formula is C51H95NO10. The predicted molar refractivity (Wildman–Crippen MR) is 251 cm³/mol. The van der Waals surface area contributed by atoms with Crippen LogP contribution in [0.1, 0.15) is 226 Å². The summed E-state index contributed by atoms with van der Waals surface area (Å²) in [5, 5.41) is 54.1. The molecule has 62 heavy (non-hydrogen) atoms. The summed E-state index contributed by atoms with van der Waals surface area (Å²) in [7, 11) is 0. The van der Waals surface area contributed by atoms with E-state index >= 15 is 0 Å². The average Bonchev–Trinajstić information content (AvgIpc) is 3.27. The molecule has 1 rings (SSSR count). The van der Waals surface area contributed by atoms with Gasteiger partial charge in [0, 0.05) is 12.8 Å². The summed E-state index contributed by atoms with van der Waals surface area (Å²) in [6.45, 7) is 4.24. The highest BCUT2D eigenvalue weighted by atomic mass is 16.7. The van der Waals surface area contributed by atoms with Gasteiger partial charge in [0.2, 0.25) is 5.91 Å². The zero-order valence-corrected chi connectivity index (χ0v) is 39.6. The topological polar surface area (TPSA) is 175 Å². The van der Waals surface area contributed by atoms with Gasteiger partial charge in [-0.05, 0) is 57.8 Å². The number of esters is 1. The van der Waals surface area contributed by atoms with Gasteiger partial charge in [-0.25, -0.2) is 0 Å². The van der Waals surface area contributed by atoms with E-state index in [9.17, 15) is 35.1 Å². The molecule has 7 unspecified atom stereocenters. The molecule has 0 spiro atoms. The van der Waals surface area contributed by atoms with Gasteiger partial charge in [-0.15, -0.1) is 0 Å². The third-order valence-corrected chi connectivity index (χ3v) is 12.1. The third kappa shape index (κ3) is 31.9. The maximum Gasteiger partial charge on any atom is 0.305 e. The zero-order valence-electron chi connectivity index (χ0n) is 39.6. The van der Waals surface area contributed by atoms with Crippen molar-refractivity contribution in [2.45, 2.75) is 269 Å². The molecule has 1 aliphatic heterocycles. The van der Waals surface area contributed by atoms with Crippen molar-refractivity contribution in [1.82, 2.24) is 5.32 Å². The van der Waals surface area contributed by atoms with Crippen LogP contribution in [0.2, 0.25) is 0 Å². The molecule has 1 amide bonds. The van der Waals surface area contributed by atoms with E-state index in [0.717, 1.165) is 70.6 Å². The molecule has 364 valence electrons. The molecule has 1 fully saturated rings. The van der Waals surface area contributed by atoms with Gasteiger partial charge < -0.3 is 45.1 Å². The number of carbonyl (C=O) groups is 2. The lowest BCUT2D eigenvalue weighted by atomic mass is 9.99. The van der Waals surface area contributed by atoms with Gasteiger partial charge >= 0.3 is 5.97 Å². The van der Waals surface area contributed by atoms with Crippen LogP contribution in [-0.2, 0) is 23.8 Å². The van der Waals surface area contributed by atoms with Crippen LogP contribution in [0.4, 0.5) is 0 Å². The molecule has 1 heterocycles. The Kier molecular flexibility index (Phi) is 39.2. The minimum absolute atomic E-state index is 0.0358. The number of hydrogen-bond acceptors (Lipinski definition) is 10. The van der Waals surface area contributed by atoms with Crippen molar-refractivity contribution >= 4 is 11.9 Å². The van der Waals surface area contributed by atoms with Crippen molar-refractivity contribution in [3.8, 4) is 0 Å². The summed E-state index contributed by atoms with van der Waals surface area (Å²) in [5.41, 5.74) is 0. The first kappa shape index (κ1) is 58.2. The molecule has 11 heteroatoms. The van der Waals surface area contributed by atoms with Crippen LogP contribution in [0.15, 0.2) is 24.3 Å². The van der Waals surface area contributed by atoms with Crippen LogP contribution in [0.25, 0.3) is 0 Å². The standard InChI is InChI=1S/C51H95NO10/c1-3-5-7-9-11-13-18-23-27-31-35-39-47(56)60-40-36-32-28-24-20-17-15-16-19-22-26-30-34-38-46(55)52-43(42-61-51-50(59)49(58)48(57)45(41-53)62-51)44(54)37-33-29-25-21-14-12-10-8-6-4-2/h16,19,33,37,43-45,48-51,53-54,57-59H,3-15,17-18,20-32,34-36,38-42H2,1-2H3,(H,52,55)/b19-16-,37-33+. The first-order valence-electron chi connectivity index (χ1n) is 25.6. The van der Waals surface area contributed by atoms with Crippen LogP contribution < -0.4 is 5.32 Å². The van der Waals surface area contributed by atoms with Gasteiger partial charge in [0.05, 0.1) is 32.0 Å². The molecule has 0 aliphatic carbocycles. The van der Waals surface area contributed by atoms with E-state index < -0.39 is 49.5 Å². The molecule has 7 atom stereocenters. The highest BCUT2D eigenvalue weighted by Crippen LogP contribution is 2.23. The molecule has 1 aliphatic rings. The molecule has 0 saturated carbocycles. The average molecular weight is 882 g/mol. The first-order chi connectivity index (χ1) is 30.2. The van der Waals surface area contributed by atoms with Crippen LogP contribution in [0.5, 0.6) is 0 Å². The molecular weight excluding hydrogens is 787 g/mol. The predicted octanol–water partition coefficient (Wildman–Crippen LogP) is 10.2. The van der Waals surface area contributed by atoms with Crippen molar-refractivity contribution in [2.24, 2.45) is 0 Å². The Morgan fingerprint density at radius 3 is 1.56 bits per heavy atom. The van der Waals surface area contributed by atoms with E-state index in [1.165, 1.54) is 122 Å². The van der Waals surface area contributed by atoms with Crippen molar-refractivity contribution in [3.63, 3.8) is 0 Å². The quantitative estimate of drug-likeness (QED) is 0.0196. The molecule has 11 nitrogen and oxygen atoms in total. The van der Waals surface area contributed by atoms with Crippen molar-refractivity contribution in [3.05, 3.63) is 24.3 Å². The SMILES string of the molecule is CCCCCCCCCC/C=C/C(O)C(COC1OC(CO)C(O)C(O)C1O)NC(=O)CCCCC/C=C\CCCCCCCCOC(=O)CCCCCCCCCCCCC. The fraction of sp³-hybridized carbons (Fsp3) is 0.882. The van der Waals surface area contributed by atoms with E-state index in [-0.39, 0.29) is 18.5 Å². The molecule has 6 N–H and O–H groups in total. The van der Waals surface area contributed by atoms with E-state index in [2.05, 4.69) is 31.3 Å². The fourth-order valence-electron chi connectivity index (χ4n) is 7.90. The fourth-order valence-corrected chi connectivity index (χ4v) is 7.90. The number of aliphatic hydroxyl groups is 5. The molecule has 0 aromatic rings. The summed E-state index contributed by atoms with van der Waals surface area (Å²) in [6.07, 6.45) is 36.8. The first-order valence-corrected chi connectivity index (χ1v) is 25.6. The van der Waals surface area contributed by atoms with E-state index in [0.29, 0.717) is 25.9 Å². The Labute approximate surface area is 378 Å². The zero-order chi connectivity index (χ0) is 45.3. The van der Waals surface area contributed by atoms with Crippen LogP contribution in [0.3, 0.4) is 0 Å². The lowest BCUT2D eigenvalue weighted by Gasteiger charge is -2.40. The number of rotatable bonds is 43. The van der Waals surface area contributed by atoms with Crippen LogP contribution in [-0.4, -0.2) is 100 Å². The number of hydrogen-bond donors (Lipinski definition) is 6. The maximum atomic E-state index is 12.9. The highest BCUT2D eigenvalue weighted by molar-refractivity contribution is 5.76. The normalized spacial score (nSPS) is 20.3. The second kappa shape index (κ2) is 41.8. The second-order valence-corrected chi connectivity index (χ2v) is 17.9. The van der Waals surface area contributed by atoms with Gasteiger partial charge in [-0.1, -0.05) is 179 Å². The Hall–Kier alpha value is -1.86. The number of ether oxygens (including phenoxy) is 3. The Morgan fingerprint density at radius 1 is 0.581 bits per heavy atom. The summed E-state index contributed by atoms with van der Waals surface area (Å²) < 4.78 is 16.6. The monoisotopic (exact) mass is 882 g/mol. The largest absolute Gasteiger partial charge is 0.466 e. The molecule has 0 aromatic carbocycles. The number of nitrogens with one attached hydrogen (secondary N) is 1. The number of allylic oxidation sites excluding steroid dienone is 3. The minimum atomic E-state index is -1.58. The van der Waals surface area contributed by atoms with E-state index in [4.69, 9.17) is 14.2 Å². The van der Waals surface area contributed by atoms with Crippen molar-refractivity contribution < 1.29 is 49.3 Å². The Balaban J connectivity index is 2.19. The van der Waals surface area contributed by atoms with Crippen LogP contribution in [0, 0.1) is 0 Å². The van der Waals surface area contributed by atoms with Gasteiger partial charge in [0.25, 0.3) is 0 Å².